The summed E-state index contributed by atoms with van der Waals surface area (Å²) in [5.41, 5.74) is 8.12. The van der Waals surface area contributed by atoms with Crippen molar-refractivity contribution in [1.82, 2.24) is 19.9 Å². The van der Waals surface area contributed by atoms with Gasteiger partial charge >= 0.3 is 0 Å². The number of hydrogen-bond donors (Lipinski definition) is 2. The predicted molar refractivity (Wildman–Crippen MR) is 119 cm³/mol. The van der Waals surface area contributed by atoms with Crippen LogP contribution in [0.5, 0.6) is 5.75 Å². The van der Waals surface area contributed by atoms with Gasteiger partial charge in [0.05, 0.1) is 29.6 Å². The summed E-state index contributed by atoms with van der Waals surface area (Å²) in [5.74, 6) is -2.94. The highest BCUT2D eigenvalue weighted by molar-refractivity contribution is 7.14. The fraction of sp³-hybridized carbons (Fsp3) is 0.500. The molecule has 4 rings (SSSR count). The molecular formula is C22H27F2N5O2S. The van der Waals surface area contributed by atoms with E-state index in [1.807, 2.05) is 20.8 Å². The standard InChI is InChI=1S/C22H27F2N5O2S/c1-4-17-14(15-10-27-29-11-13(31-12(2)3)9-26-20(15)29)8-18(32-17)21(30)28-19-16(25)6-5-7-22(19,23)24/h8-12,16,19H,4-7,25H2,1-3H3,(H,28,30)/t16-,19-/m1/s1. The molecule has 0 saturated heterocycles. The summed E-state index contributed by atoms with van der Waals surface area (Å²) in [6.07, 6.45) is 6.33. The minimum atomic E-state index is -3.01. The van der Waals surface area contributed by atoms with Gasteiger partial charge in [0.15, 0.2) is 11.4 Å². The Bertz CT molecular complexity index is 1130. The lowest BCUT2D eigenvalue weighted by Gasteiger charge is -2.36. The van der Waals surface area contributed by atoms with Gasteiger partial charge < -0.3 is 15.8 Å². The van der Waals surface area contributed by atoms with Crippen molar-refractivity contribution < 1.29 is 18.3 Å². The summed E-state index contributed by atoms with van der Waals surface area (Å²) in [6, 6.07) is -0.404. The maximum absolute atomic E-state index is 14.3. The highest BCUT2D eigenvalue weighted by Crippen LogP contribution is 2.36. The molecule has 2 atom stereocenters. The normalized spacial score (nSPS) is 20.6. The summed E-state index contributed by atoms with van der Waals surface area (Å²) in [5, 5.41) is 6.87. The van der Waals surface area contributed by atoms with E-state index in [1.165, 1.54) is 11.3 Å². The van der Waals surface area contributed by atoms with Crippen LogP contribution in [-0.4, -0.2) is 44.6 Å². The molecule has 3 N–H and O–H groups in total. The highest BCUT2D eigenvalue weighted by atomic mass is 32.1. The molecule has 172 valence electrons. The number of fused-ring (bicyclic) bond motifs is 1. The molecule has 0 spiro atoms. The highest BCUT2D eigenvalue weighted by Gasteiger charge is 2.46. The molecular weight excluding hydrogens is 436 g/mol. The topological polar surface area (TPSA) is 94.5 Å². The molecule has 3 aromatic heterocycles. The number of aromatic nitrogens is 3. The lowest BCUT2D eigenvalue weighted by molar-refractivity contribution is -0.0674. The summed E-state index contributed by atoms with van der Waals surface area (Å²) in [4.78, 5) is 18.7. The number of alkyl halides is 2. The summed E-state index contributed by atoms with van der Waals surface area (Å²) in [6.45, 7) is 5.84. The SMILES string of the molecule is CCc1sc(C(=O)N[C@@H]2[C@H](N)CCCC2(F)F)cc1-c1cnn2cc(OC(C)C)cnc12. The lowest BCUT2D eigenvalue weighted by atomic mass is 9.87. The molecule has 0 aromatic carbocycles. The first-order chi connectivity index (χ1) is 15.2. The van der Waals surface area contributed by atoms with E-state index in [4.69, 9.17) is 10.5 Å². The molecule has 1 amide bonds. The van der Waals surface area contributed by atoms with Crippen molar-refractivity contribution in [2.75, 3.05) is 0 Å². The van der Waals surface area contributed by atoms with Crippen LogP contribution in [-0.2, 0) is 6.42 Å². The molecule has 7 nitrogen and oxygen atoms in total. The molecule has 0 bridgehead atoms. The van der Waals surface area contributed by atoms with Crippen LogP contribution >= 0.6 is 11.3 Å². The van der Waals surface area contributed by atoms with Gasteiger partial charge in [0.25, 0.3) is 11.8 Å². The van der Waals surface area contributed by atoms with Gasteiger partial charge in [-0.2, -0.15) is 5.10 Å². The van der Waals surface area contributed by atoms with Gasteiger partial charge in [-0.25, -0.2) is 18.3 Å². The molecule has 0 unspecified atom stereocenters. The van der Waals surface area contributed by atoms with Crippen LogP contribution in [0.4, 0.5) is 8.78 Å². The van der Waals surface area contributed by atoms with Crippen molar-refractivity contribution in [2.24, 2.45) is 5.73 Å². The van der Waals surface area contributed by atoms with E-state index in [1.54, 1.807) is 29.2 Å². The third-order valence-corrected chi connectivity index (χ3v) is 6.84. The van der Waals surface area contributed by atoms with Crippen LogP contribution in [0.3, 0.4) is 0 Å². The Hall–Kier alpha value is -2.59. The second-order valence-electron chi connectivity index (χ2n) is 8.35. The van der Waals surface area contributed by atoms with Gasteiger partial charge in [0, 0.05) is 28.5 Å². The number of thiophene rings is 1. The van der Waals surface area contributed by atoms with Crippen molar-refractivity contribution in [1.29, 1.82) is 0 Å². The van der Waals surface area contributed by atoms with Gasteiger partial charge in [-0.3, -0.25) is 4.79 Å². The van der Waals surface area contributed by atoms with Gasteiger partial charge in [-0.1, -0.05) is 6.92 Å². The third kappa shape index (κ3) is 4.33. The second kappa shape index (κ2) is 8.74. The van der Waals surface area contributed by atoms with Gasteiger partial charge in [0.1, 0.15) is 6.04 Å². The van der Waals surface area contributed by atoms with Crippen molar-refractivity contribution >= 4 is 22.9 Å². The Labute approximate surface area is 189 Å². The van der Waals surface area contributed by atoms with Gasteiger partial charge in [0.2, 0.25) is 0 Å². The number of ether oxygens (including phenoxy) is 1. The number of carbonyl (C=O) groups excluding carboxylic acids is 1. The van der Waals surface area contributed by atoms with Crippen molar-refractivity contribution in [3.8, 4) is 16.9 Å². The maximum atomic E-state index is 14.3. The number of nitrogens with two attached hydrogens (primary N) is 1. The Kier molecular flexibility index (Phi) is 6.17. The van der Waals surface area contributed by atoms with Crippen LogP contribution in [0.1, 0.15) is 54.6 Å². The number of aryl methyl sites for hydroxylation is 1. The number of hydrogen-bond acceptors (Lipinski definition) is 6. The van der Waals surface area contributed by atoms with E-state index >= 15 is 0 Å². The molecule has 0 aliphatic heterocycles. The number of amides is 1. The van der Waals surface area contributed by atoms with Crippen molar-refractivity contribution in [2.45, 2.75) is 70.6 Å². The van der Waals surface area contributed by atoms with Crippen LogP contribution in [0, 0.1) is 0 Å². The van der Waals surface area contributed by atoms with Gasteiger partial charge in [-0.15, -0.1) is 11.3 Å². The molecule has 3 aromatic rings. The van der Waals surface area contributed by atoms with E-state index < -0.39 is 23.9 Å². The van der Waals surface area contributed by atoms with Crippen LogP contribution in [0.15, 0.2) is 24.7 Å². The number of nitrogens with zero attached hydrogens (tertiary/aromatic N) is 3. The van der Waals surface area contributed by atoms with Crippen LogP contribution in [0.25, 0.3) is 16.8 Å². The average Bonchev–Trinajstić information content (AvgIpc) is 3.33. The summed E-state index contributed by atoms with van der Waals surface area (Å²) in [7, 11) is 0. The number of nitrogens with one attached hydrogen (secondary N) is 1. The number of carbonyl (C=O) groups is 1. The fourth-order valence-electron chi connectivity index (χ4n) is 4.05. The smallest absolute Gasteiger partial charge is 0.269 e. The first-order valence-electron chi connectivity index (χ1n) is 10.8. The molecule has 1 fully saturated rings. The zero-order valence-corrected chi connectivity index (χ0v) is 19.1. The first-order valence-corrected chi connectivity index (χ1v) is 11.6. The molecule has 10 heteroatoms. The molecule has 3 heterocycles. The minimum Gasteiger partial charge on any atom is -0.488 e. The molecule has 32 heavy (non-hydrogen) atoms. The van der Waals surface area contributed by atoms with Crippen molar-refractivity contribution in [3.63, 3.8) is 0 Å². The Balaban J connectivity index is 1.63. The second-order valence-corrected chi connectivity index (χ2v) is 9.49. The van der Waals surface area contributed by atoms with Crippen LogP contribution in [0.2, 0.25) is 0 Å². The average molecular weight is 464 g/mol. The molecule has 1 saturated carbocycles. The fourth-order valence-corrected chi connectivity index (χ4v) is 5.06. The largest absolute Gasteiger partial charge is 0.488 e. The Morgan fingerprint density at radius 2 is 2.19 bits per heavy atom. The van der Waals surface area contributed by atoms with E-state index in [2.05, 4.69) is 15.4 Å². The molecule has 1 aliphatic rings. The molecule has 1 aliphatic carbocycles. The minimum absolute atomic E-state index is 0.0126. The molecule has 0 radical (unpaired) electrons. The van der Waals surface area contributed by atoms with E-state index in [0.717, 1.165) is 16.0 Å². The predicted octanol–water partition coefficient (Wildman–Crippen LogP) is 4.05. The monoisotopic (exact) mass is 463 g/mol. The Morgan fingerprint density at radius 1 is 1.41 bits per heavy atom. The van der Waals surface area contributed by atoms with E-state index in [-0.39, 0.29) is 12.5 Å². The first kappa shape index (κ1) is 22.6. The lowest BCUT2D eigenvalue weighted by Crippen LogP contribution is -2.59. The van der Waals surface area contributed by atoms with Crippen LogP contribution < -0.4 is 15.8 Å². The van der Waals surface area contributed by atoms with Gasteiger partial charge in [-0.05, 0) is 39.2 Å². The zero-order chi connectivity index (χ0) is 23.0. The van der Waals surface area contributed by atoms with E-state index in [0.29, 0.717) is 35.5 Å². The van der Waals surface area contributed by atoms with E-state index in [9.17, 15) is 13.6 Å². The number of halogens is 2. The summed E-state index contributed by atoms with van der Waals surface area (Å²) >= 11 is 1.29. The quantitative estimate of drug-likeness (QED) is 0.575. The Morgan fingerprint density at radius 3 is 2.88 bits per heavy atom. The number of rotatable bonds is 6. The maximum Gasteiger partial charge on any atom is 0.269 e. The zero-order valence-electron chi connectivity index (χ0n) is 18.3. The third-order valence-electron chi connectivity index (χ3n) is 5.57. The van der Waals surface area contributed by atoms with Crippen molar-refractivity contribution in [3.05, 3.63) is 34.4 Å². The summed E-state index contributed by atoms with van der Waals surface area (Å²) < 4.78 is 36.0.